The number of hydrogen-bond acceptors (Lipinski definition) is 7. The molecule has 2 N–H and O–H groups in total. The summed E-state index contributed by atoms with van der Waals surface area (Å²) in [6.07, 6.45) is -1.16. The molecule has 0 saturated heterocycles. The second kappa shape index (κ2) is 8.36. The first-order chi connectivity index (χ1) is 16.5. The van der Waals surface area contributed by atoms with E-state index in [1.165, 1.54) is 14.0 Å². The molecule has 0 aliphatic carbocycles. The minimum atomic E-state index is -1.16. The summed E-state index contributed by atoms with van der Waals surface area (Å²) in [5.74, 6) is -0.982. The van der Waals surface area contributed by atoms with Crippen molar-refractivity contribution in [3.63, 3.8) is 0 Å². The van der Waals surface area contributed by atoms with Gasteiger partial charge in [-0.2, -0.15) is 5.10 Å². The molecule has 5 rings (SSSR count). The number of benzene rings is 3. The number of aromatic amines is 1. The number of esters is 1. The summed E-state index contributed by atoms with van der Waals surface area (Å²) >= 11 is 0. The van der Waals surface area contributed by atoms with Gasteiger partial charge < -0.3 is 19.2 Å². The maximum Gasteiger partial charge on any atom is 0.360 e. The molecule has 0 fully saturated rings. The summed E-state index contributed by atoms with van der Waals surface area (Å²) < 4.78 is 16.7. The van der Waals surface area contributed by atoms with Gasteiger partial charge in [0, 0.05) is 22.2 Å². The normalized spacial score (nSPS) is 12.1. The Bertz CT molecular complexity index is 1630. The molecule has 2 aromatic heterocycles. The molecule has 0 radical (unpaired) electrons. The van der Waals surface area contributed by atoms with Gasteiger partial charge in [0.25, 0.3) is 11.5 Å². The highest BCUT2D eigenvalue weighted by Gasteiger charge is 2.23. The highest BCUT2D eigenvalue weighted by Crippen LogP contribution is 2.36. The van der Waals surface area contributed by atoms with Gasteiger partial charge in [-0.15, -0.1) is 0 Å². The third-order valence-electron chi connectivity index (χ3n) is 5.50. The number of H-pyrrole nitrogens is 1. The average Bonchev–Trinajstić information content (AvgIpc) is 3.21. The predicted octanol–water partition coefficient (Wildman–Crippen LogP) is 4.02. The van der Waals surface area contributed by atoms with Crippen molar-refractivity contribution < 1.29 is 23.5 Å². The smallest absolute Gasteiger partial charge is 0.360 e. The number of nitrogens with one attached hydrogen (secondary N) is 2. The van der Waals surface area contributed by atoms with Crippen LogP contribution >= 0.6 is 0 Å². The SMILES string of the molecule is COc1cc2c(cc1NC(=O)[C@@H](C)OC(=O)c1n[nH]c(=O)c3ccccc13)oc1ccccc12. The Kier molecular flexibility index (Phi) is 5.21. The first kappa shape index (κ1) is 21.2. The molecule has 9 heteroatoms. The molecule has 1 atom stereocenters. The number of fused-ring (bicyclic) bond motifs is 4. The Morgan fingerprint density at radius 1 is 0.971 bits per heavy atom. The second-order valence-electron chi connectivity index (χ2n) is 7.63. The van der Waals surface area contributed by atoms with E-state index in [0.29, 0.717) is 33.4 Å². The van der Waals surface area contributed by atoms with Crippen molar-refractivity contribution in [2.75, 3.05) is 12.4 Å². The zero-order valence-corrected chi connectivity index (χ0v) is 18.2. The van der Waals surface area contributed by atoms with E-state index in [1.54, 1.807) is 36.4 Å². The van der Waals surface area contributed by atoms with Crippen LogP contribution in [0.3, 0.4) is 0 Å². The maximum atomic E-state index is 12.8. The van der Waals surface area contributed by atoms with Crippen molar-refractivity contribution in [3.8, 4) is 5.75 Å². The highest BCUT2D eigenvalue weighted by molar-refractivity contribution is 6.08. The topological polar surface area (TPSA) is 124 Å². The number of furan rings is 1. The fraction of sp³-hybridized carbons (Fsp3) is 0.120. The van der Waals surface area contributed by atoms with Crippen molar-refractivity contribution in [2.24, 2.45) is 0 Å². The first-order valence-corrected chi connectivity index (χ1v) is 10.4. The van der Waals surface area contributed by atoms with Crippen LogP contribution in [0.4, 0.5) is 5.69 Å². The average molecular weight is 457 g/mol. The van der Waals surface area contributed by atoms with Gasteiger partial charge in [-0.25, -0.2) is 9.89 Å². The van der Waals surface area contributed by atoms with Gasteiger partial charge in [0.05, 0.1) is 18.2 Å². The molecule has 170 valence electrons. The van der Waals surface area contributed by atoms with Gasteiger partial charge in [-0.3, -0.25) is 9.59 Å². The molecular formula is C25H19N3O6. The maximum absolute atomic E-state index is 12.8. The van der Waals surface area contributed by atoms with Crippen molar-refractivity contribution >= 4 is 50.3 Å². The fourth-order valence-electron chi connectivity index (χ4n) is 3.79. The number of carbonyl (C=O) groups excluding carboxylic acids is 2. The van der Waals surface area contributed by atoms with E-state index in [9.17, 15) is 14.4 Å². The van der Waals surface area contributed by atoms with Crippen LogP contribution in [0.15, 0.2) is 69.9 Å². The standard InChI is InChI=1S/C25H19N3O6/c1-13(33-25(31)22-15-8-3-4-9-16(15)24(30)28-27-22)23(29)26-18-12-20-17(11-21(18)32-2)14-7-5-6-10-19(14)34-20/h3-13H,1-2H3,(H,26,29)(H,28,30)/t13-/m1/s1. The lowest BCUT2D eigenvalue weighted by Gasteiger charge is -2.15. The minimum Gasteiger partial charge on any atom is -0.495 e. The number of aromatic nitrogens is 2. The molecule has 0 spiro atoms. The lowest BCUT2D eigenvalue weighted by Crippen LogP contribution is -2.30. The van der Waals surface area contributed by atoms with Gasteiger partial charge in [-0.1, -0.05) is 36.4 Å². The van der Waals surface area contributed by atoms with Crippen LogP contribution in [0.1, 0.15) is 17.4 Å². The van der Waals surface area contributed by atoms with Crippen molar-refractivity contribution in [1.29, 1.82) is 0 Å². The largest absolute Gasteiger partial charge is 0.495 e. The van der Waals surface area contributed by atoms with E-state index in [1.807, 2.05) is 24.3 Å². The quantitative estimate of drug-likeness (QED) is 0.382. The van der Waals surface area contributed by atoms with Crippen molar-refractivity contribution in [2.45, 2.75) is 13.0 Å². The van der Waals surface area contributed by atoms with Crippen LogP contribution in [0.25, 0.3) is 32.7 Å². The van der Waals surface area contributed by atoms with Gasteiger partial charge in [0.15, 0.2) is 11.8 Å². The van der Waals surface area contributed by atoms with Gasteiger partial charge in [-0.05, 0) is 25.1 Å². The summed E-state index contributed by atoms with van der Waals surface area (Å²) in [7, 11) is 1.50. The molecule has 9 nitrogen and oxygen atoms in total. The van der Waals surface area contributed by atoms with Crippen LogP contribution in [-0.4, -0.2) is 35.3 Å². The zero-order chi connectivity index (χ0) is 23.8. The molecule has 0 unspecified atom stereocenters. The van der Waals surface area contributed by atoms with E-state index in [-0.39, 0.29) is 5.69 Å². The monoisotopic (exact) mass is 457 g/mol. The molecule has 1 amide bonds. The molecule has 2 heterocycles. The Morgan fingerprint density at radius 2 is 1.68 bits per heavy atom. The molecule has 3 aromatic carbocycles. The summed E-state index contributed by atoms with van der Waals surface area (Å²) in [6, 6.07) is 17.5. The summed E-state index contributed by atoms with van der Waals surface area (Å²) in [4.78, 5) is 37.5. The van der Waals surface area contributed by atoms with Gasteiger partial charge in [0.1, 0.15) is 16.9 Å². The number of hydrogen-bond donors (Lipinski definition) is 2. The van der Waals surface area contributed by atoms with Gasteiger partial charge >= 0.3 is 5.97 Å². The second-order valence-corrected chi connectivity index (χ2v) is 7.63. The predicted molar refractivity (Wildman–Crippen MR) is 126 cm³/mol. The number of nitrogens with zero attached hydrogens (tertiary/aromatic N) is 1. The first-order valence-electron chi connectivity index (χ1n) is 10.4. The number of carbonyl (C=O) groups is 2. The molecule has 5 aromatic rings. The Balaban J connectivity index is 1.39. The van der Waals surface area contributed by atoms with Crippen LogP contribution in [0.5, 0.6) is 5.75 Å². The van der Waals surface area contributed by atoms with Crippen LogP contribution in [0.2, 0.25) is 0 Å². The van der Waals surface area contributed by atoms with E-state index in [2.05, 4.69) is 15.5 Å². The number of methoxy groups -OCH3 is 1. The summed E-state index contributed by atoms with van der Waals surface area (Å²) in [5.41, 5.74) is 1.15. The molecule has 0 saturated carbocycles. The zero-order valence-electron chi connectivity index (χ0n) is 18.2. The molecule has 0 bridgehead atoms. The third-order valence-corrected chi connectivity index (χ3v) is 5.50. The Hall–Kier alpha value is -4.66. The van der Waals surface area contributed by atoms with E-state index < -0.39 is 23.5 Å². The molecule has 0 aliphatic rings. The minimum absolute atomic E-state index is 0.0869. The van der Waals surface area contributed by atoms with Gasteiger partial charge in [0.2, 0.25) is 0 Å². The Labute approximate surface area is 192 Å². The van der Waals surface area contributed by atoms with Crippen molar-refractivity contribution in [1.82, 2.24) is 10.2 Å². The van der Waals surface area contributed by atoms with E-state index >= 15 is 0 Å². The van der Waals surface area contributed by atoms with Crippen LogP contribution in [0, 0.1) is 0 Å². The third kappa shape index (κ3) is 3.62. The fourth-order valence-corrected chi connectivity index (χ4v) is 3.79. The number of ether oxygens (including phenoxy) is 2. The summed E-state index contributed by atoms with van der Waals surface area (Å²) in [5, 5.41) is 11.2. The Morgan fingerprint density at radius 3 is 2.44 bits per heavy atom. The number of amides is 1. The summed E-state index contributed by atoms with van der Waals surface area (Å²) in [6.45, 7) is 1.44. The lowest BCUT2D eigenvalue weighted by molar-refractivity contribution is -0.123. The molecule has 34 heavy (non-hydrogen) atoms. The van der Waals surface area contributed by atoms with Crippen LogP contribution in [-0.2, 0) is 9.53 Å². The number of para-hydroxylation sites is 1. The highest BCUT2D eigenvalue weighted by atomic mass is 16.5. The van der Waals surface area contributed by atoms with E-state index in [4.69, 9.17) is 13.9 Å². The van der Waals surface area contributed by atoms with Crippen LogP contribution < -0.4 is 15.6 Å². The lowest BCUT2D eigenvalue weighted by atomic mass is 10.1. The van der Waals surface area contributed by atoms with Crippen molar-refractivity contribution in [3.05, 3.63) is 76.7 Å². The van der Waals surface area contributed by atoms with E-state index in [0.717, 1.165) is 10.8 Å². The number of anilines is 1. The molecule has 0 aliphatic heterocycles. The molecular weight excluding hydrogens is 438 g/mol. The number of rotatable bonds is 5.